The molecule has 4 rings (SSSR count). The quantitative estimate of drug-likeness (QED) is 0.708. The first-order chi connectivity index (χ1) is 12.0. The Morgan fingerprint density at radius 2 is 1.69 bits per heavy atom. The summed E-state index contributed by atoms with van der Waals surface area (Å²) >= 11 is 0. The fourth-order valence-electron chi connectivity index (χ4n) is 7.24. The third-order valence-electron chi connectivity index (χ3n) is 8.62. The molecule has 4 fully saturated rings. The number of carbonyl (C=O) groups is 1. The topological polar surface area (TPSA) is 101 Å². The van der Waals surface area contributed by atoms with Gasteiger partial charge in [-0.3, -0.25) is 9.35 Å². The lowest BCUT2D eigenvalue weighted by Crippen LogP contribution is -2.57. The van der Waals surface area contributed by atoms with Crippen molar-refractivity contribution in [2.24, 2.45) is 34.5 Å². The Morgan fingerprint density at radius 1 is 1.04 bits per heavy atom. The SMILES string of the molecule is C[C@]12CC[C@H](OS(=O)(=O)O)CC1C(=O)C[C@@H]1[C@@H]2CC[C@]2(C)C(O)CC[C@@H]12. The van der Waals surface area contributed by atoms with Crippen LogP contribution in [0.1, 0.15) is 65.2 Å². The molecule has 0 amide bonds. The van der Waals surface area contributed by atoms with E-state index in [0.29, 0.717) is 37.0 Å². The Labute approximate surface area is 155 Å². The fraction of sp³-hybridized carbons (Fsp3) is 0.947. The molecule has 4 aliphatic carbocycles. The molecular weight excluding hydrogens is 356 g/mol. The van der Waals surface area contributed by atoms with Crippen LogP contribution in [0.2, 0.25) is 0 Å². The van der Waals surface area contributed by atoms with E-state index in [-0.39, 0.29) is 28.6 Å². The van der Waals surface area contributed by atoms with Gasteiger partial charge in [-0.05, 0) is 73.5 Å². The van der Waals surface area contributed by atoms with Gasteiger partial charge in [-0.25, -0.2) is 4.18 Å². The summed E-state index contributed by atoms with van der Waals surface area (Å²) in [6.45, 7) is 4.39. The van der Waals surface area contributed by atoms with Crippen LogP contribution in [0, 0.1) is 34.5 Å². The number of carbonyl (C=O) groups excluding carboxylic acids is 1. The number of Topliss-reactive ketones (excluding diaryl/α,β-unsaturated/α-hetero) is 1. The van der Waals surface area contributed by atoms with Gasteiger partial charge < -0.3 is 5.11 Å². The van der Waals surface area contributed by atoms with Crippen molar-refractivity contribution in [3.05, 3.63) is 0 Å². The molecule has 2 N–H and O–H groups in total. The molecule has 26 heavy (non-hydrogen) atoms. The van der Waals surface area contributed by atoms with E-state index in [4.69, 9.17) is 8.74 Å². The second-order valence-corrected chi connectivity index (χ2v) is 10.7. The molecule has 7 heteroatoms. The molecule has 0 radical (unpaired) electrons. The van der Waals surface area contributed by atoms with E-state index in [1.807, 2.05) is 0 Å². The van der Waals surface area contributed by atoms with Crippen molar-refractivity contribution in [3.63, 3.8) is 0 Å². The van der Waals surface area contributed by atoms with Crippen molar-refractivity contribution in [1.82, 2.24) is 0 Å². The van der Waals surface area contributed by atoms with Crippen LogP contribution < -0.4 is 0 Å². The maximum Gasteiger partial charge on any atom is 0.397 e. The minimum atomic E-state index is -4.49. The molecule has 2 unspecified atom stereocenters. The first kappa shape index (κ1) is 18.8. The van der Waals surface area contributed by atoms with Gasteiger partial charge >= 0.3 is 10.4 Å². The van der Waals surface area contributed by atoms with Crippen molar-refractivity contribution < 1.29 is 27.1 Å². The predicted molar refractivity (Wildman–Crippen MR) is 94.5 cm³/mol. The first-order valence-electron chi connectivity index (χ1n) is 9.91. The van der Waals surface area contributed by atoms with Gasteiger partial charge in [0.1, 0.15) is 5.78 Å². The highest BCUT2D eigenvalue weighted by Gasteiger charge is 2.62. The summed E-state index contributed by atoms with van der Waals surface area (Å²) in [7, 11) is -4.49. The molecule has 4 saturated carbocycles. The lowest BCUT2D eigenvalue weighted by Gasteiger charge is -2.59. The molecule has 4 aliphatic rings. The molecule has 8 atom stereocenters. The average Bonchev–Trinajstić information content (AvgIpc) is 2.83. The second-order valence-electron chi connectivity index (χ2n) is 9.66. The summed E-state index contributed by atoms with van der Waals surface area (Å²) in [6, 6.07) is 0. The van der Waals surface area contributed by atoms with Crippen LogP contribution in [-0.2, 0) is 19.4 Å². The molecule has 0 heterocycles. The highest BCUT2D eigenvalue weighted by Crippen LogP contribution is 2.65. The number of hydrogen-bond donors (Lipinski definition) is 2. The van der Waals surface area contributed by atoms with Crippen LogP contribution in [0.5, 0.6) is 0 Å². The van der Waals surface area contributed by atoms with E-state index >= 15 is 0 Å². The predicted octanol–water partition coefficient (Wildman–Crippen LogP) is 2.76. The minimum absolute atomic E-state index is 0.0596. The van der Waals surface area contributed by atoms with Crippen molar-refractivity contribution in [2.45, 2.75) is 77.4 Å². The molecule has 0 saturated heterocycles. The summed E-state index contributed by atoms with van der Waals surface area (Å²) in [5.74, 6) is 1.20. The Balaban J connectivity index is 1.59. The molecule has 0 aromatic carbocycles. The van der Waals surface area contributed by atoms with Crippen LogP contribution >= 0.6 is 0 Å². The van der Waals surface area contributed by atoms with Gasteiger partial charge in [0.25, 0.3) is 0 Å². The van der Waals surface area contributed by atoms with Crippen LogP contribution in [0.25, 0.3) is 0 Å². The highest BCUT2D eigenvalue weighted by atomic mass is 32.3. The zero-order chi connectivity index (χ0) is 18.9. The smallest absolute Gasteiger partial charge is 0.393 e. The highest BCUT2D eigenvalue weighted by molar-refractivity contribution is 7.80. The van der Waals surface area contributed by atoms with Gasteiger partial charge in [-0.2, -0.15) is 8.42 Å². The van der Waals surface area contributed by atoms with Gasteiger partial charge in [0.2, 0.25) is 0 Å². The number of hydrogen-bond acceptors (Lipinski definition) is 5. The lowest BCUT2D eigenvalue weighted by atomic mass is 9.45. The second kappa shape index (κ2) is 6.00. The molecule has 148 valence electrons. The van der Waals surface area contributed by atoms with Crippen molar-refractivity contribution in [2.75, 3.05) is 0 Å². The van der Waals surface area contributed by atoms with Crippen LogP contribution in [0.15, 0.2) is 0 Å². The van der Waals surface area contributed by atoms with E-state index in [2.05, 4.69) is 13.8 Å². The number of aliphatic hydroxyl groups excluding tert-OH is 1. The fourth-order valence-corrected chi connectivity index (χ4v) is 7.76. The maximum absolute atomic E-state index is 13.0. The maximum atomic E-state index is 13.0. The largest absolute Gasteiger partial charge is 0.397 e. The monoisotopic (exact) mass is 386 g/mol. The van der Waals surface area contributed by atoms with Gasteiger partial charge in [0.05, 0.1) is 12.2 Å². The number of aliphatic hydroxyl groups is 1. The summed E-state index contributed by atoms with van der Waals surface area (Å²) in [5.41, 5.74) is -0.191. The minimum Gasteiger partial charge on any atom is -0.393 e. The normalized spacial score (nSPS) is 51.5. The zero-order valence-electron chi connectivity index (χ0n) is 15.6. The zero-order valence-corrected chi connectivity index (χ0v) is 16.4. The summed E-state index contributed by atoms with van der Waals surface area (Å²) in [4.78, 5) is 13.0. The summed E-state index contributed by atoms with van der Waals surface area (Å²) < 4.78 is 35.9. The summed E-state index contributed by atoms with van der Waals surface area (Å²) in [5, 5.41) is 10.5. The lowest BCUT2D eigenvalue weighted by molar-refractivity contribution is -0.160. The number of fused-ring (bicyclic) bond motifs is 5. The number of rotatable bonds is 2. The third-order valence-corrected chi connectivity index (χ3v) is 9.13. The number of ketones is 1. The Bertz CT molecular complexity index is 705. The Morgan fingerprint density at radius 3 is 2.38 bits per heavy atom. The van der Waals surface area contributed by atoms with Gasteiger partial charge in [0.15, 0.2) is 0 Å². The molecule has 0 aromatic heterocycles. The van der Waals surface area contributed by atoms with E-state index in [9.17, 15) is 18.3 Å². The molecular formula is C19H30O6S. The van der Waals surface area contributed by atoms with Crippen molar-refractivity contribution in [3.8, 4) is 0 Å². The average molecular weight is 387 g/mol. The van der Waals surface area contributed by atoms with E-state index < -0.39 is 16.5 Å². The van der Waals surface area contributed by atoms with Crippen molar-refractivity contribution in [1.29, 1.82) is 0 Å². The first-order valence-corrected chi connectivity index (χ1v) is 11.3. The molecule has 6 nitrogen and oxygen atoms in total. The van der Waals surface area contributed by atoms with Crippen molar-refractivity contribution >= 4 is 16.2 Å². The van der Waals surface area contributed by atoms with Crippen LogP contribution in [0.4, 0.5) is 0 Å². The van der Waals surface area contributed by atoms with Gasteiger partial charge in [0, 0.05) is 12.3 Å². The molecule has 0 aliphatic heterocycles. The Hall–Kier alpha value is -0.500. The summed E-state index contributed by atoms with van der Waals surface area (Å²) in [6.07, 6.45) is 5.22. The molecule has 0 bridgehead atoms. The van der Waals surface area contributed by atoms with E-state index in [1.165, 1.54) is 0 Å². The van der Waals surface area contributed by atoms with E-state index in [1.54, 1.807) is 0 Å². The van der Waals surface area contributed by atoms with Gasteiger partial charge in [-0.1, -0.05) is 13.8 Å². The molecule has 0 aromatic rings. The Kier molecular flexibility index (Phi) is 4.35. The van der Waals surface area contributed by atoms with Gasteiger partial charge in [-0.15, -0.1) is 0 Å². The van der Waals surface area contributed by atoms with Crippen LogP contribution in [-0.4, -0.2) is 36.1 Å². The molecule has 0 spiro atoms. The standard InChI is InChI=1S/C19H30O6S/c1-18-7-5-11(25-26(22,23)24)9-15(18)16(20)10-12-13-3-4-17(21)19(13,2)8-6-14(12)18/h11-15,17,21H,3-10H2,1-2H3,(H,22,23,24)/t11-,12-,13-,14-,15?,17?,18+,19-/m0/s1. The van der Waals surface area contributed by atoms with E-state index in [0.717, 1.165) is 32.1 Å². The van der Waals surface area contributed by atoms with Crippen LogP contribution in [0.3, 0.4) is 0 Å². The third kappa shape index (κ3) is 2.77.